The quantitative estimate of drug-likeness (QED) is 0.627. The van der Waals surface area contributed by atoms with Crippen LogP contribution in [0.4, 0.5) is 11.9 Å². The van der Waals surface area contributed by atoms with Crippen LogP contribution in [0.3, 0.4) is 0 Å². The minimum atomic E-state index is -0.323. The number of nitrogens with zero attached hydrogens (tertiary/aromatic N) is 3. The van der Waals surface area contributed by atoms with Crippen LogP contribution in [0.15, 0.2) is 36.0 Å². The van der Waals surface area contributed by atoms with Crippen molar-refractivity contribution in [1.82, 2.24) is 15.0 Å². The summed E-state index contributed by atoms with van der Waals surface area (Å²) in [6, 6.07) is 0. The second-order valence-electron chi connectivity index (χ2n) is 6.72. The number of hydrogen-bond acceptors (Lipinski definition) is 5. The zero-order chi connectivity index (χ0) is 18.7. The fourth-order valence-corrected chi connectivity index (χ4v) is 3.78. The molecule has 2 aliphatic carbocycles. The van der Waals surface area contributed by atoms with Crippen molar-refractivity contribution in [3.05, 3.63) is 41.8 Å². The number of anilines is 2. The van der Waals surface area contributed by atoms with Crippen molar-refractivity contribution in [2.45, 2.75) is 45.4 Å². The molecule has 7 nitrogen and oxygen atoms in total. The van der Waals surface area contributed by atoms with E-state index in [0.717, 1.165) is 19.3 Å². The Morgan fingerprint density at radius 1 is 1.08 bits per heavy atom. The minimum absolute atomic E-state index is 0.145. The lowest BCUT2D eigenvalue weighted by Crippen LogP contribution is -2.28. The molecule has 2 bridgehead atoms. The van der Waals surface area contributed by atoms with E-state index in [-0.39, 0.29) is 29.1 Å². The van der Waals surface area contributed by atoms with Crippen molar-refractivity contribution < 1.29 is 9.59 Å². The molecule has 7 heteroatoms. The monoisotopic (exact) mass is 353 g/mol. The summed E-state index contributed by atoms with van der Waals surface area (Å²) in [6.07, 6.45) is 11.4. The zero-order valence-electron chi connectivity index (χ0n) is 15.2. The van der Waals surface area contributed by atoms with Crippen LogP contribution < -0.4 is 10.6 Å². The Morgan fingerprint density at radius 3 is 2.08 bits per heavy atom. The number of nitrogens with one attached hydrogen (secondary N) is 2. The van der Waals surface area contributed by atoms with E-state index in [0.29, 0.717) is 11.7 Å². The smallest absolute Gasteiger partial charge is 0.250 e. The van der Waals surface area contributed by atoms with Crippen LogP contribution in [0.1, 0.15) is 45.9 Å². The number of allylic oxidation sites excluding steroid dienone is 4. The average Bonchev–Trinajstić information content (AvgIpc) is 3.13. The normalized spacial score (nSPS) is 24.3. The van der Waals surface area contributed by atoms with Gasteiger partial charge in [0.2, 0.25) is 23.7 Å². The lowest BCUT2D eigenvalue weighted by molar-refractivity contribution is -0.112. The fraction of sp³-hybridized carbons (Fsp3) is 0.421. The Morgan fingerprint density at radius 2 is 1.65 bits per heavy atom. The summed E-state index contributed by atoms with van der Waals surface area (Å²) in [4.78, 5) is 37.0. The molecule has 0 spiro atoms. The van der Waals surface area contributed by atoms with Gasteiger partial charge < -0.3 is 0 Å². The van der Waals surface area contributed by atoms with Gasteiger partial charge in [-0.05, 0) is 58.1 Å². The van der Waals surface area contributed by atoms with Gasteiger partial charge in [0.1, 0.15) is 5.82 Å². The number of amides is 2. The maximum absolute atomic E-state index is 11.9. The molecule has 1 saturated carbocycles. The van der Waals surface area contributed by atoms with Crippen LogP contribution in [0.25, 0.3) is 0 Å². The maximum Gasteiger partial charge on any atom is 0.250 e. The molecule has 0 radical (unpaired) electrons. The van der Waals surface area contributed by atoms with E-state index in [2.05, 4.69) is 38.6 Å². The average molecular weight is 353 g/mol. The van der Waals surface area contributed by atoms with E-state index in [4.69, 9.17) is 0 Å². The Hall–Kier alpha value is -2.83. The zero-order valence-corrected chi connectivity index (χ0v) is 15.2. The van der Waals surface area contributed by atoms with Crippen LogP contribution in [0, 0.1) is 5.92 Å². The predicted molar refractivity (Wildman–Crippen MR) is 99.5 cm³/mol. The largest absolute Gasteiger partial charge is 0.291 e. The van der Waals surface area contributed by atoms with Gasteiger partial charge in [0.05, 0.1) is 5.41 Å². The fourth-order valence-electron chi connectivity index (χ4n) is 3.78. The van der Waals surface area contributed by atoms with Gasteiger partial charge in [-0.1, -0.05) is 23.8 Å². The Labute approximate surface area is 152 Å². The summed E-state index contributed by atoms with van der Waals surface area (Å²) in [5.74, 6) is 0.797. The molecule has 3 rings (SSSR count). The standard InChI is InChI=1S/C19H23N5O2/c1-4-6-14(25)20-17-22-16(19-9-8-13(11-19)10-12(19)3)23-18(24-17)21-15(26)7-5-2/h4-7,10,13H,8-9,11H2,1-3H3,(H2,20,21,22,23,24,25,26)/b6-4+,7-5+. The highest BCUT2D eigenvalue weighted by molar-refractivity contribution is 5.99. The number of hydrogen-bond donors (Lipinski definition) is 2. The van der Waals surface area contributed by atoms with Gasteiger partial charge in [-0.2, -0.15) is 15.0 Å². The second kappa shape index (κ2) is 7.19. The highest BCUT2D eigenvalue weighted by Crippen LogP contribution is 2.54. The van der Waals surface area contributed by atoms with Gasteiger partial charge in [-0.25, -0.2) is 0 Å². The van der Waals surface area contributed by atoms with Gasteiger partial charge >= 0.3 is 0 Å². The first-order chi connectivity index (χ1) is 12.5. The van der Waals surface area contributed by atoms with Gasteiger partial charge in [-0.15, -0.1) is 0 Å². The molecule has 1 aromatic heterocycles. The Kier molecular flexibility index (Phi) is 4.97. The molecule has 2 amide bonds. The van der Waals surface area contributed by atoms with Crippen LogP contribution >= 0.6 is 0 Å². The third-order valence-electron chi connectivity index (χ3n) is 4.96. The number of rotatable bonds is 5. The van der Waals surface area contributed by atoms with Crippen molar-refractivity contribution in [3.8, 4) is 0 Å². The molecule has 2 atom stereocenters. The topological polar surface area (TPSA) is 96.9 Å². The highest BCUT2D eigenvalue weighted by Gasteiger charge is 2.48. The molecule has 0 aliphatic heterocycles. The molecule has 2 aliphatic rings. The van der Waals surface area contributed by atoms with Crippen LogP contribution in [0.2, 0.25) is 0 Å². The third kappa shape index (κ3) is 3.42. The highest BCUT2D eigenvalue weighted by atomic mass is 16.2. The molecule has 1 fully saturated rings. The SMILES string of the molecule is C/C=C/C(=O)Nc1nc(NC(=O)/C=C/C)nc(C23CCC(C=C2C)C3)n1. The van der Waals surface area contributed by atoms with Crippen molar-refractivity contribution >= 4 is 23.7 Å². The second-order valence-corrected chi connectivity index (χ2v) is 6.72. The number of aromatic nitrogens is 3. The summed E-state index contributed by atoms with van der Waals surface area (Å²) in [5.41, 5.74) is 1.02. The van der Waals surface area contributed by atoms with E-state index >= 15 is 0 Å². The predicted octanol–water partition coefficient (Wildman–Crippen LogP) is 2.90. The first-order valence-corrected chi connectivity index (χ1v) is 8.79. The first-order valence-electron chi connectivity index (χ1n) is 8.79. The van der Waals surface area contributed by atoms with E-state index in [1.807, 2.05) is 0 Å². The van der Waals surface area contributed by atoms with Crippen LogP contribution in [0.5, 0.6) is 0 Å². The summed E-state index contributed by atoms with van der Waals surface area (Å²) in [7, 11) is 0. The van der Waals surface area contributed by atoms with Crippen molar-refractivity contribution in [2.75, 3.05) is 10.6 Å². The van der Waals surface area contributed by atoms with Crippen molar-refractivity contribution in [2.24, 2.45) is 5.92 Å². The molecule has 0 aromatic carbocycles. The van der Waals surface area contributed by atoms with E-state index in [1.165, 1.54) is 17.7 Å². The number of carbonyl (C=O) groups excluding carboxylic acids is 2. The Balaban J connectivity index is 1.99. The molecule has 0 saturated heterocycles. The lowest BCUT2D eigenvalue weighted by Gasteiger charge is -2.27. The number of fused-ring (bicyclic) bond motifs is 2. The van der Waals surface area contributed by atoms with E-state index < -0.39 is 0 Å². The molecular formula is C19H23N5O2. The minimum Gasteiger partial charge on any atom is -0.291 e. The van der Waals surface area contributed by atoms with Gasteiger partial charge in [-0.3, -0.25) is 20.2 Å². The summed E-state index contributed by atoms with van der Waals surface area (Å²) in [5, 5.41) is 5.29. The molecular weight excluding hydrogens is 330 g/mol. The maximum atomic E-state index is 11.9. The van der Waals surface area contributed by atoms with Crippen molar-refractivity contribution in [3.63, 3.8) is 0 Å². The summed E-state index contributed by atoms with van der Waals surface area (Å²) in [6.45, 7) is 5.61. The lowest BCUT2D eigenvalue weighted by atomic mass is 9.80. The Bertz CT molecular complexity index is 783. The molecule has 26 heavy (non-hydrogen) atoms. The first kappa shape index (κ1) is 18.0. The molecule has 1 aromatic rings. The molecule has 2 unspecified atom stereocenters. The summed E-state index contributed by atoms with van der Waals surface area (Å²) < 4.78 is 0. The van der Waals surface area contributed by atoms with Crippen LogP contribution in [-0.2, 0) is 15.0 Å². The van der Waals surface area contributed by atoms with E-state index in [1.54, 1.807) is 26.0 Å². The van der Waals surface area contributed by atoms with Crippen LogP contribution in [-0.4, -0.2) is 26.8 Å². The molecule has 1 heterocycles. The van der Waals surface area contributed by atoms with Gasteiger partial charge in [0.25, 0.3) is 0 Å². The van der Waals surface area contributed by atoms with E-state index in [9.17, 15) is 9.59 Å². The summed E-state index contributed by atoms with van der Waals surface area (Å²) >= 11 is 0. The number of carbonyl (C=O) groups is 2. The molecule has 136 valence electrons. The van der Waals surface area contributed by atoms with Crippen molar-refractivity contribution in [1.29, 1.82) is 0 Å². The third-order valence-corrected chi connectivity index (χ3v) is 4.96. The van der Waals surface area contributed by atoms with Gasteiger partial charge in [0.15, 0.2) is 0 Å². The van der Waals surface area contributed by atoms with Gasteiger partial charge in [0, 0.05) is 0 Å². The molecule has 2 N–H and O–H groups in total.